The van der Waals surface area contributed by atoms with E-state index in [-0.39, 0.29) is 18.2 Å². The molecular formula is C19H21ClN2OS. The van der Waals surface area contributed by atoms with Gasteiger partial charge in [0.2, 0.25) is 0 Å². The molecule has 0 aliphatic carbocycles. The van der Waals surface area contributed by atoms with Crippen molar-refractivity contribution in [3.63, 3.8) is 0 Å². The third-order valence-corrected chi connectivity index (χ3v) is 4.62. The molecule has 24 heavy (non-hydrogen) atoms. The average Bonchev–Trinajstić information content (AvgIpc) is 2.55. The zero-order valence-corrected chi connectivity index (χ0v) is 15.4. The third kappa shape index (κ3) is 4.41. The van der Waals surface area contributed by atoms with E-state index < -0.39 is 0 Å². The van der Waals surface area contributed by atoms with Gasteiger partial charge in [0.05, 0.1) is 5.52 Å². The van der Waals surface area contributed by atoms with Gasteiger partial charge in [-0.15, -0.1) is 24.2 Å². The van der Waals surface area contributed by atoms with E-state index >= 15 is 0 Å². The molecule has 0 spiro atoms. The maximum atomic E-state index is 9.52. The van der Waals surface area contributed by atoms with Crippen LogP contribution >= 0.6 is 24.2 Å². The summed E-state index contributed by atoms with van der Waals surface area (Å²) in [6.07, 6.45) is 0. The maximum absolute atomic E-state index is 9.52. The number of halogens is 1. The number of benzene rings is 2. The van der Waals surface area contributed by atoms with Crippen LogP contribution in [0, 0.1) is 0 Å². The smallest absolute Gasteiger partial charge is 0.115 e. The summed E-state index contributed by atoms with van der Waals surface area (Å²) in [7, 11) is 4.16. The number of fused-ring (bicyclic) bond motifs is 1. The van der Waals surface area contributed by atoms with Crippen molar-refractivity contribution in [1.82, 2.24) is 9.88 Å². The van der Waals surface area contributed by atoms with E-state index in [1.54, 1.807) is 23.9 Å². The van der Waals surface area contributed by atoms with E-state index in [4.69, 9.17) is 4.98 Å². The molecular weight excluding hydrogens is 340 g/mol. The van der Waals surface area contributed by atoms with Gasteiger partial charge in [0.25, 0.3) is 0 Å². The maximum Gasteiger partial charge on any atom is 0.115 e. The fourth-order valence-corrected chi connectivity index (χ4v) is 3.53. The summed E-state index contributed by atoms with van der Waals surface area (Å²) in [5.41, 5.74) is 3.21. The van der Waals surface area contributed by atoms with Crippen molar-refractivity contribution in [1.29, 1.82) is 0 Å². The number of hydrogen-bond acceptors (Lipinski definition) is 4. The summed E-state index contributed by atoms with van der Waals surface area (Å²) in [6.45, 7) is 1.01. The molecule has 1 aromatic heterocycles. The Kier molecular flexibility index (Phi) is 6.49. The van der Waals surface area contributed by atoms with E-state index in [1.165, 1.54) is 0 Å². The second kappa shape index (κ2) is 8.38. The standard InChI is InChI=1S/C19H20N2OS.ClH/c1-21(2)11-12-23-19-17(14-7-9-16(22)10-8-14)13-15-5-3-4-6-18(15)20-19;/h3-10,13,22H,11-12H2,1-2H3;1H. The van der Waals surface area contributed by atoms with Gasteiger partial charge < -0.3 is 10.0 Å². The van der Waals surface area contributed by atoms with Crippen LogP contribution in [-0.4, -0.2) is 41.4 Å². The lowest BCUT2D eigenvalue weighted by Crippen LogP contribution is -2.14. The lowest BCUT2D eigenvalue weighted by atomic mass is 10.1. The molecule has 3 aromatic rings. The van der Waals surface area contributed by atoms with Crippen LogP contribution in [0.15, 0.2) is 59.6 Å². The molecule has 0 amide bonds. The molecule has 0 radical (unpaired) electrons. The molecule has 0 aliphatic rings. The zero-order chi connectivity index (χ0) is 16.2. The van der Waals surface area contributed by atoms with Crippen LogP contribution in [0.2, 0.25) is 0 Å². The number of phenolic OH excluding ortho intramolecular Hbond substituents is 1. The first-order valence-electron chi connectivity index (χ1n) is 7.60. The lowest BCUT2D eigenvalue weighted by molar-refractivity contribution is 0.437. The van der Waals surface area contributed by atoms with Crippen molar-refractivity contribution < 1.29 is 5.11 Å². The van der Waals surface area contributed by atoms with Crippen LogP contribution in [0.5, 0.6) is 5.75 Å². The first-order chi connectivity index (χ1) is 11.1. The molecule has 3 nitrogen and oxygen atoms in total. The Balaban J connectivity index is 0.00000208. The number of rotatable bonds is 5. The molecule has 1 heterocycles. The molecule has 3 rings (SSSR count). The normalized spacial score (nSPS) is 10.8. The monoisotopic (exact) mass is 360 g/mol. The van der Waals surface area contributed by atoms with Crippen LogP contribution in [0.25, 0.3) is 22.0 Å². The highest BCUT2D eigenvalue weighted by Crippen LogP contribution is 2.33. The van der Waals surface area contributed by atoms with E-state index in [9.17, 15) is 5.11 Å². The SMILES string of the molecule is CN(C)CCSc1nc2ccccc2cc1-c1ccc(O)cc1.Cl. The molecule has 0 aliphatic heterocycles. The Morgan fingerprint density at radius 3 is 2.46 bits per heavy atom. The number of pyridine rings is 1. The summed E-state index contributed by atoms with van der Waals surface area (Å²) in [5.74, 6) is 1.27. The highest BCUT2D eigenvalue weighted by Gasteiger charge is 2.10. The van der Waals surface area contributed by atoms with Gasteiger partial charge in [-0.3, -0.25) is 0 Å². The molecule has 0 unspecified atom stereocenters. The van der Waals surface area contributed by atoms with Crippen molar-refractivity contribution in [3.05, 3.63) is 54.6 Å². The van der Waals surface area contributed by atoms with Crippen LogP contribution in [-0.2, 0) is 0 Å². The molecule has 2 aromatic carbocycles. The number of hydrogen-bond donors (Lipinski definition) is 1. The zero-order valence-electron chi connectivity index (χ0n) is 13.8. The van der Waals surface area contributed by atoms with Crippen LogP contribution < -0.4 is 0 Å². The highest BCUT2D eigenvalue weighted by atomic mass is 35.5. The number of thioether (sulfide) groups is 1. The Bertz CT molecular complexity index is 806. The number of aromatic hydroxyl groups is 1. The molecule has 0 atom stereocenters. The summed E-state index contributed by atoms with van der Waals surface area (Å²) >= 11 is 1.77. The van der Waals surface area contributed by atoms with Gasteiger partial charge in [-0.1, -0.05) is 30.3 Å². The molecule has 126 valence electrons. The van der Waals surface area contributed by atoms with Crippen molar-refractivity contribution >= 4 is 35.1 Å². The second-order valence-corrected chi connectivity index (χ2v) is 6.82. The van der Waals surface area contributed by atoms with E-state index in [0.29, 0.717) is 0 Å². The van der Waals surface area contributed by atoms with Gasteiger partial charge in [0.1, 0.15) is 10.8 Å². The molecule has 0 saturated heterocycles. The first kappa shape index (κ1) is 18.6. The van der Waals surface area contributed by atoms with E-state index in [2.05, 4.69) is 31.1 Å². The highest BCUT2D eigenvalue weighted by molar-refractivity contribution is 7.99. The van der Waals surface area contributed by atoms with Gasteiger partial charge in [-0.05, 0) is 43.9 Å². The Labute approximate surface area is 153 Å². The number of para-hydroxylation sites is 1. The number of nitrogens with zero attached hydrogens (tertiary/aromatic N) is 2. The van der Waals surface area contributed by atoms with E-state index in [1.807, 2.05) is 30.3 Å². The Morgan fingerprint density at radius 2 is 1.75 bits per heavy atom. The van der Waals surface area contributed by atoms with Crippen molar-refractivity contribution in [2.45, 2.75) is 5.03 Å². The van der Waals surface area contributed by atoms with E-state index in [0.717, 1.165) is 39.4 Å². The minimum absolute atomic E-state index is 0. The van der Waals surface area contributed by atoms with Crippen molar-refractivity contribution in [2.24, 2.45) is 0 Å². The Hall–Kier alpha value is -1.75. The molecule has 0 fully saturated rings. The van der Waals surface area contributed by atoms with Gasteiger partial charge in [0.15, 0.2) is 0 Å². The number of aromatic nitrogens is 1. The third-order valence-electron chi connectivity index (χ3n) is 3.64. The van der Waals surface area contributed by atoms with Crippen LogP contribution in [0.3, 0.4) is 0 Å². The summed E-state index contributed by atoms with van der Waals surface area (Å²) in [6, 6.07) is 17.7. The molecule has 0 bridgehead atoms. The van der Waals surface area contributed by atoms with Gasteiger partial charge in [0, 0.05) is 23.2 Å². The first-order valence-corrected chi connectivity index (χ1v) is 8.59. The fraction of sp³-hybridized carbons (Fsp3) is 0.211. The largest absolute Gasteiger partial charge is 0.508 e. The predicted octanol–water partition coefficient (Wildman–Crippen LogP) is 4.68. The minimum atomic E-state index is 0. The number of phenols is 1. The quantitative estimate of drug-likeness (QED) is 0.670. The Morgan fingerprint density at radius 1 is 1.04 bits per heavy atom. The molecule has 0 saturated carbocycles. The lowest BCUT2D eigenvalue weighted by Gasteiger charge is -2.13. The molecule has 5 heteroatoms. The van der Waals surface area contributed by atoms with Gasteiger partial charge in [-0.25, -0.2) is 4.98 Å². The summed E-state index contributed by atoms with van der Waals surface area (Å²) in [4.78, 5) is 7.03. The van der Waals surface area contributed by atoms with Gasteiger partial charge >= 0.3 is 0 Å². The van der Waals surface area contributed by atoms with Crippen molar-refractivity contribution in [2.75, 3.05) is 26.4 Å². The summed E-state index contributed by atoms with van der Waals surface area (Å²) < 4.78 is 0. The second-order valence-electron chi connectivity index (χ2n) is 5.73. The fourth-order valence-electron chi connectivity index (χ4n) is 2.38. The predicted molar refractivity (Wildman–Crippen MR) is 105 cm³/mol. The van der Waals surface area contributed by atoms with Crippen LogP contribution in [0.1, 0.15) is 0 Å². The van der Waals surface area contributed by atoms with Gasteiger partial charge in [-0.2, -0.15) is 0 Å². The topological polar surface area (TPSA) is 36.4 Å². The van der Waals surface area contributed by atoms with Crippen LogP contribution in [0.4, 0.5) is 0 Å². The summed E-state index contributed by atoms with van der Waals surface area (Å²) in [5, 5.41) is 11.7. The minimum Gasteiger partial charge on any atom is -0.508 e. The average molecular weight is 361 g/mol. The van der Waals surface area contributed by atoms with Crippen molar-refractivity contribution in [3.8, 4) is 16.9 Å². The molecule has 1 N–H and O–H groups in total.